The number of alkyl halides is 3. The summed E-state index contributed by atoms with van der Waals surface area (Å²) < 4.78 is 39.0. The minimum atomic E-state index is -4.58. The van der Waals surface area contributed by atoms with E-state index < -0.39 is 34.8 Å². The number of benzene rings is 1. The van der Waals surface area contributed by atoms with Crippen LogP contribution in [0.3, 0.4) is 0 Å². The second-order valence-electron chi connectivity index (χ2n) is 9.57. The normalized spacial score (nSPS) is 22.1. The molecule has 0 spiro atoms. The highest BCUT2D eigenvalue weighted by Crippen LogP contribution is 2.51. The van der Waals surface area contributed by atoms with E-state index in [1.807, 2.05) is 32.9 Å². The zero-order valence-corrected chi connectivity index (χ0v) is 20.2. The molecule has 1 saturated carbocycles. The van der Waals surface area contributed by atoms with Gasteiger partial charge in [0.05, 0.1) is 10.8 Å². The molecule has 3 N–H and O–H groups in total. The van der Waals surface area contributed by atoms with E-state index in [4.69, 9.17) is 0 Å². The van der Waals surface area contributed by atoms with Crippen LogP contribution < -0.4 is 5.32 Å². The van der Waals surface area contributed by atoms with Gasteiger partial charge in [0.15, 0.2) is 0 Å². The van der Waals surface area contributed by atoms with E-state index in [1.54, 1.807) is 12.3 Å². The SMILES string of the molecule is Cc1ccc(-c2cnc([C@@]3(O)CC[C@H](C(=O)O)C(C)(C)C3)s2)cc1Nc1nccc(C(F)(F)F)n1. The largest absolute Gasteiger partial charge is 0.481 e. The van der Waals surface area contributed by atoms with Crippen LogP contribution in [-0.4, -0.2) is 31.1 Å². The summed E-state index contributed by atoms with van der Waals surface area (Å²) in [7, 11) is 0. The minimum absolute atomic E-state index is 0.170. The summed E-state index contributed by atoms with van der Waals surface area (Å²) in [4.78, 5) is 24.3. The Balaban J connectivity index is 1.59. The molecule has 0 radical (unpaired) electrons. The van der Waals surface area contributed by atoms with Crippen molar-refractivity contribution in [2.24, 2.45) is 11.3 Å². The molecule has 0 aliphatic heterocycles. The molecule has 35 heavy (non-hydrogen) atoms. The maximum absolute atomic E-state index is 13.0. The number of thiazole rings is 1. The van der Waals surface area contributed by atoms with Gasteiger partial charge in [-0.15, -0.1) is 11.3 Å². The van der Waals surface area contributed by atoms with E-state index in [0.29, 0.717) is 23.5 Å². The Kier molecular flexibility index (Phi) is 6.35. The molecule has 0 amide bonds. The van der Waals surface area contributed by atoms with Crippen molar-refractivity contribution in [1.29, 1.82) is 0 Å². The Hall–Kier alpha value is -3.05. The zero-order chi connectivity index (χ0) is 25.6. The van der Waals surface area contributed by atoms with Gasteiger partial charge in [-0.1, -0.05) is 26.0 Å². The maximum atomic E-state index is 13.0. The van der Waals surface area contributed by atoms with Gasteiger partial charge in [0.1, 0.15) is 16.3 Å². The number of nitrogens with zero attached hydrogens (tertiary/aromatic N) is 3. The number of carboxylic acids is 1. The number of nitrogens with one attached hydrogen (secondary N) is 1. The summed E-state index contributed by atoms with van der Waals surface area (Å²) in [6, 6.07) is 6.26. The monoisotopic (exact) mass is 506 g/mol. The molecule has 1 aliphatic rings. The first-order valence-corrected chi connectivity index (χ1v) is 11.8. The summed E-state index contributed by atoms with van der Waals surface area (Å²) in [5, 5.41) is 24.2. The fourth-order valence-corrected chi connectivity index (χ4v) is 5.64. The van der Waals surface area contributed by atoms with Gasteiger partial charge in [-0.05, 0) is 54.9 Å². The summed E-state index contributed by atoms with van der Waals surface area (Å²) in [5.74, 6) is -1.57. The highest BCUT2D eigenvalue weighted by molar-refractivity contribution is 7.15. The quantitative estimate of drug-likeness (QED) is 0.403. The first-order chi connectivity index (χ1) is 16.3. The van der Waals surface area contributed by atoms with Crippen molar-refractivity contribution in [3.8, 4) is 10.4 Å². The van der Waals surface area contributed by atoms with Crippen LogP contribution in [0.1, 0.15) is 49.4 Å². The predicted octanol–water partition coefficient (Wildman–Crippen LogP) is 5.77. The van der Waals surface area contributed by atoms with Crippen molar-refractivity contribution in [2.45, 2.75) is 51.8 Å². The average Bonchev–Trinajstić information content (AvgIpc) is 3.25. The zero-order valence-electron chi connectivity index (χ0n) is 19.3. The third-order valence-electron chi connectivity index (χ3n) is 6.45. The summed E-state index contributed by atoms with van der Waals surface area (Å²) in [5.41, 5.74) is -0.780. The van der Waals surface area contributed by atoms with Gasteiger partial charge in [0.25, 0.3) is 0 Å². The Morgan fingerprint density at radius 2 is 1.97 bits per heavy atom. The standard InChI is InChI=1S/C24H25F3N4O3S/c1-13-4-5-14(10-16(13)30-21-28-9-7-18(31-21)24(25,26)27)17-11-29-20(35-17)23(34)8-6-15(19(32)33)22(2,3)12-23/h4-5,7,9-11,15,34H,6,8,12H2,1-3H3,(H,32,33)(H,28,30,31)/t15-,23-/m1/s1. The summed E-state index contributed by atoms with van der Waals surface area (Å²) in [6.45, 7) is 5.50. The Bertz CT molecular complexity index is 1260. The van der Waals surface area contributed by atoms with Gasteiger partial charge in [-0.2, -0.15) is 13.2 Å². The molecule has 11 heteroatoms. The van der Waals surface area contributed by atoms with Crippen LogP contribution in [-0.2, 0) is 16.6 Å². The van der Waals surface area contributed by atoms with Gasteiger partial charge in [-0.25, -0.2) is 15.0 Å². The van der Waals surface area contributed by atoms with E-state index in [9.17, 15) is 28.2 Å². The van der Waals surface area contributed by atoms with Crippen LogP contribution in [0, 0.1) is 18.3 Å². The molecule has 0 unspecified atom stereocenters. The highest BCUT2D eigenvalue weighted by atomic mass is 32.1. The Labute approximate surface area is 204 Å². The van der Waals surface area contributed by atoms with E-state index >= 15 is 0 Å². The molecule has 1 fully saturated rings. The fourth-order valence-electron chi connectivity index (χ4n) is 4.61. The fraction of sp³-hybridized carbons (Fsp3) is 0.417. The number of carboxylic acid groups (broad SMARTS) is 1. The molecular weight excluding hydrogens is 481 g/mol. The first-order valence-electron chi connectivity index (χ1n) is 11.0. The smallest absolute Gasteiger partial charge is 0.433 e. The maximum Gasteiger partial charge on any atom is 0.433 e. The average molecular weight is 507 g/mol. The second-order valence-corrected chi connectivity index (χ2v) is 10.6. The van der Waals surface area contributed by atoms with Gasteiger partial charge >= 0.3 is 12.1 Å². The molecule has 2 heterocycles. The molecule has 4 rings (SSSR count). The van der Waals surface area contributed by atoms with Crippen LogP contribution in [0.15, 0.2) is 36.7 Å². The lowest BCUT2D eigenvalue weighted by Crippen LogP contribution is -2.44. The van der Waals surface area contributed by atoms with E-state index in [0.717, 1.165) is 28.3 Å². The van der Waals surface area contributed by atoms with Gasteiger partial charge in [0.2, 0.25) is 5.95 Å². The van der Waals surface area contributed by atoms with Crippen molar-refractivity contribution in [3.63, 3.8) is 0 Å². The second kappa shape index (κ2) is 8.87. The van der Waals surface area contributed by atoms with E-state index in [-0.39, 0.29) is 12.4 Å². The number of aliphatic carboxylic acids is 1. The molecule has 0 bridgehead atoms. The Morgan fingerprint density at radius 1 is 1.23 bits per heavy atom. The van der Waals surface area contributed by atoms with Crippen LogP contribution in [0.5, 0.6) is 0 Å². The Morgan fingerprint density at radius 3 is 2.63 bits per heavy atom. The lowest BCUT2D eigenvalue weighted by atomic mass is 9.63. The lowest BCUT2D eigenvalue weighted by Gasteiger charge is -2.44. The molecule has 2 aromatic heterocycles. The third kappa shape index (κ3) is 5.15. The number of anilines is 2. The number of aryl methyl sites for hydroxylation is 1. The lowest BCUT2D eigenvalue weighted by molar-refractivity contribution is -0.154. The van der Waals surface area contributed by atoms with Gasteiger partial charge in [-0.3, -0.25) is 4.79 Å². The number of hydrogen-bond acceptors (Lipinski definition) is 7. The van der Waals surface area contributed by atoms with Crippen molar-refractivity contribution < 1.29 is 28.2 Å². The topological polar surface area (TPSA) is 108 Å². The molecule has 0 saturated heterocycles. The van der Waals surface area contributed by atoms with E-state index in [1.165, 1.54) is 11.3 Å². The molecule has 7 nitrogen and oxygen atoms in total. The number of carbonyl (C=O) groups is 1. The summed E-state index contributed by atoms with van der Waals surface area (Å²) >= 11 is 1.31. The minimum Gasteiger partial charge on any atom is -0.481 e. The van der Waals surface area contributed by atoms with Crippen molar-refractivity contribution in [3.05, 3.63) is 52.9 Å². The van der Waals surface area contributed by atoms with Crippen molar-refractivity contribution in [1.82, 2.24) is 15.0 Å². The number of halogens is 3. The highest BCUT2D eigenvalue weighted by Gasteiger charge is 2.49. The van der Waals surface area contributed by atoms with Crippen LogP contribution in [0.4, 0.5) is 24.8 Å². The number of aliphatic hydroxyl groups is 1. The molecule has 1 aromatic carbocycles. The van der Waals surface area contributed by atoms with Crippen LogP contribution in [0.2, 0.25) is 0 Å². The molecule has 2 atom stereocenters. The third-order valence-corrected chi connectivity index (χ3v) is 7.69. The number of aromatic nitrogens is 3. The van der Waals surface area contributed by atoms with Crippen LogP contribution >= 0.6 is 11.3 Å². The van der Waals surface area contributed by atoms with Gasteiger partial charge in [0, 0.05) is 18.1 Å². The van der Waals surface area contributed by atoms with E-state index in [2.05, 4.69) is 20.3 Å². The van der Waals surface area contributed by atoms with Gasteiger partial charge < -0.3 is 15.5 Å². The van der Waals surface area contributed by atoms with Crippen molar-refractivity contribution in [2.75, 3.05) is 5.32 Å². The van der Waals surface area contributed by atoms with Crippen molar-refractivity contribution >= 4 is 28.9 Å². The number of rotatable bonds is 5. The molecule has 186 valence electrons. The summed E-state index contributed by atoms with van der Waals surface area (Å²) in [6.07, 6.45) is -0.958. The molecule has 1 aliphatic carbocycles. The number of hydrogen-bond donors (Lipinski definition) is 3. The van der Waals surface area contributed by atoms with Crippen LogP contribution in [0.25, 0.3) is 10.4 Å². The molecule has 3 aromatic rings. The predicted molar refractivity (Wildman–Crippen MR) is 125 cm³/mol. The first kappa shape index (κ1) is 25.1. The molecular formula is C24H25F3N4O3S.